The smallest absolute Gasteiger partial charge is 0.227 e. The minimum absolute atomic E-state index is 0.223. The number of methoxy groups -OCH3 is 1. The van der Waals surface area contributed by atoms with Gasteiger partial charge in [-0.05, 0) is 87.4 Å². The topological polar surface area (TPSA) is 49.9 Å². The summed E-state index contributed by atoms with van der Waals surface area (Å²) in [6, 6.07) is 12.8. The average Bonchev–Trinajstić information content (AvgIpc) is 3.26. The molecule has 0 fully saturated rings. The Labute approximate surface area is 197 Å². The quantitative estimate of drug-likeness (QED) is 0.365. The van der Waals surface area contributed by atoms with Crippen LogP contribution >= 0.6 is 0 Å². The van der Waals surface area contributed by atoms with Gasteiger partial charge in [-0.25, -0.2) is 0 Å². The number of ketones is 1. The van der Waals surface area contributed by atoms with Crippen molar-refractivity contribution in [2.45, 2.75) is 64.8 Å². The van der Waals surface area contributed by atoms with E-state index in [1.165, 1.54) is 16.7 Å². The van der Waals surface area contributed by atoms with Crippen molar-refractivity contribution in [2.24, 2.45) is 0 Å². The summed E-state index contributed by atoms with van der Waals surface area (Å²) >= 11 is 0. The highest BCUT2D eigenvalue weighted by Gasteiger charge is 2.31. The lowest BCUT2D eigenvalue weighted by Crippen LogP contribution is -2.33. The molecule has 5 nitrogen and oxygen atoms in total. The Morgan fingerprint density at radius 3 is 2.58 bits per heavy atom. The first-order chi connectivity index (χ1) is 16.0. The van der Waals surface area contributed by atoms with Crippen LogP contribution in [0.4, 0.5) is 5.69 Å². The Morgan fingerprint density at radius 1 is 1.06 bits per heavy atom. The van der Waals surface area contributed by atoms with Crippen molar-refractivity contribution in [3.05, 3.63) is 58.7 Å². The molecule has 2 heterocycles. The molecule has 176 valence electrons. The Morgan fingerprint density at radius 2 is 1.82 bits per heavy atom. The summed E-state index contributed by atoms with van der Waals surface area (Å²) < 4.78 is 5.49. The molecule has 0 aromatic heterocycles. The van der Waals surface area contributed by atoms with Gasteiger partial charge in [-0.15, -0.1) is 0 Å². The predicted octanol–water partition coefficient (Wildman–Crippen LogP) is 4.84. The third kappa shape index (κ3) is 5.30. The fourth-order valence-corrected chi connectivity index (χ4v) is 5.17. The number of benzene rings is 2. The second-order valence-corrected chi connectivity index (χ2v) is 9.51. The van der Waals surface area contributed by atoms with Gasteiger partial charge in [-0.1, -0.05) is 18.2 Å². The number of para-hydroxylation sites is 1. The standard InChI is InChI=1S/C28H36N2O3/c1-20(2)29(16-13-21-8-4-5-10-26(21)33-3)15-7-6-9-25(31)24-18-22-11-12-27(32)30-17-14-23(19-24)28(22)30/h4-5,8,10,18-20H,6-7,9,11-17H2,1-3H3. The molecule has 0 bridgehead atoms. The Bertz CT molecular complexity index is 1010. The molecule has 0 aliphatic carbocycles. The van der Waals surface area contributed by atoms with Crippen LogP contribution in [-0.2, 0) is 24.1 Å². The van der Waals surface area contributed by atoms with Crippen molar-refractivity contribution in [3.63, 3.8) is 0 Å². The Kier molecular flexibility index (Phi) is 7.49. The second kappa shape index (κ2) is 10.5. The summed E-state index contributed by atoms with van der Waals surface area (Å²) in [7, 11) is 1.72. The van der Waals surface area contributed by atoms with Crippen LogP contribution in [-0.4, -0.2) is 49.4 Å². The van der Waals surface area contributed by atoms with Crippen molar-refractivity contribution in [2.75, 3.05) is 31.6 Å². The van der Waals surface area contributed by atoms with E-state index in [1.807, 2.05) is 29.2 Å². The van der Waals surface area contributed by atoms with Crippen molar-refractivity contribution in [1.82, 2.24) is 4.90 Å². The largest absolute Gasteiger partial charge is 0.496 e. The fourth-order valence-electron chi connectivity index (χ4n) is 5.17. The molecule has 2 aromatic carbocycles. The van der Waals surface area contributed by atoms with Crippen molar-refractivity contribution in [1.29, 1.82) is 0 Å². The van der Waals surface area contributed by atoms with Gasteiger partial charge in [0.25, 0.3) is 0 Å². The highest BCUT2D eigenvalue weighted by molar-refractivity contribution is 6.02. The van der Waals surface area contributed by atoms with E-state index < -0.39 is 0 Å². The molecular weight excluding hydrogens is 412 g/mol. The highest BCUT2D eigenvalue weighted by atomic mass is 16.5. The van der Waals surface area contributed by atoms with Gasteiger partial charge >= 0.3 is 0 Å². The van der Waals surface area contributed by atoms with E-state index in [4.69, 9.17) is 4.74 Å². The summed E-state index contributed by atoms with van der Waals surface area (Å²) in [4.78, 5) is 29.5. The average molecular weight is 449 g/mol. The maximum Gasteiger partial charge on any atom is 0.227 e. The minimum Gasteiger partial charge on any atom is -0.496 e. The molecule has 5 heteroatoms. The molecule has 0 spiro atoms. The van der Waals surface area contributed by atoms with E-state index in [2.05, 4.69) is 30.9 Å². The molecule has 2 aliphatic rings. The molecule has 0 saturated carbocycles. The van der Waals surface area contributed by atoms with E-state index in [0.717, 1.165) is 68.7 Å². The van der Waals surface area contributed by atoms with Gasteiger partial charge in [0.2, 0.25) is 5.91 Å². The summed E-state index contributed by atoms with van der Waals surface area (Å²) in [5.74, 6) is 1.41. The number of anilines is 1. The zero-order chi connectivity index (χ0) is 23.4. The number of rotatable bonds is 11. The first kappa shape index (κ1) is 23.5. The van der Waals surface area contributed by atoms with Gasteiger partial charge in [-0.3, -0.25) is 9.59 Å². The molecule has 4 rings (SSSR count). The monoisotopic (exact) mass is 448 g/mol. The number of unbranched alkanes of at least 4 members (excludes halogenated alkanes) is 1. The molecule has 0 N–H and O–H groups in total. The van der Waals surface area contributed by atoms with Crippen molar-refractivity contribution >= 4 is 17.4 Å². The van der Waals surface area contributed by atoms with E-state index >= 15 is 0 Å². The lowest BCUT2D eigenvalue weighted by molar-refractivity contribution is -0.118. The third-order valence-corrected chi connectivity index (χ3v) is 7.06. The molecule has 0 radical (unpaired) electrons. The zero-order valence-corrected chi connectivity index (χ0v) is 20.2. The number of carbonyl (C=O) groups excluding carboxylic acids is 2. The lowest BCUT2D eigenvalue weighted by Gasteiger charge is -2.27. The van der Waals surface area contributed by atoms with Crippen molar-refractivity contribution < 1.29 is 14.3 Å². The molecule has 0 atom stereocenters. The predicted molar refractivity (Wildman–Crippen MR) is 132 cm³/mol. The van der Waals surface area contributed by atoms with Crippen molar-refractivity contribution in [3.8, 4) is 5.75 Å². The maximum absolute atomic E-state index is 12.9. The molecule has 1 amide bonds. The normalized spacial score (nSPS) is 14.8. The van der Waals surface area contributed by atoms with Crippen LogP contribution < -0.4 is 9.64 Å². The van der Waals surface area contributed by atoms with Crippen LogP contribution in [0.25, 0.3) is 0 Å². The minimum atomic E-state index is 0.223. The van der Waals surface area contributed by atoms with E-state index in [1.54, 1.807) is 7.11 Å². The number of aryl methyl sites for hydroxylation is 1. The molecule has 0 unspecified atom stereocenters. The number of Topliss-reactive ketones (excluding diaryl/α,β-unsaturated/α-hetero) is 1. The summed E-state index contributed by atoms with van der Waals surface area (Å²) in [6.45, 7) is 7.20. The lowest BCUT2D eigenvalue weighted by atomic mass is 9.94. The van der Waals surface area contributed by atoms with E-state index in [0.29, 0.717) is 18.9 Å². The molecule has 2 aromatic rings. The molecule has 33 heavy (non-hydrogen) atoms. The highest BCUT2D eigenvalue weighted by Crippen LogP contribution is 2.37. The molecular formula is C28H36N2O3. The number of amides is 1. The second-order valence-electron chi connectivity index (χ2n) is 9.51. The van der Waals surface area contributed by atoms with Gasteiger partial charge in [0, 0.05) is 37.5 Å². The number of hydrogen-bond donors (Lipinski definition) is 0. The van der Waals surface area contributed by atoms with Crippen LogP contribution in [0.3, 0.4) is 0 Å². The van der Waals surface area contributed by atoms with Crippen LogP contribution in [0.15, 0.2) is 36.4 Å². The number of carbonyl (C=O) groups is 2. The summed E-state index contributed by atoms with van der Waals surface area (Å²) in [5.41, 5.74) is 5.51. The van der Waals surface area contributed by atoms with E-state index in [9.17, 15) is 9.59 Å². The van der Waals surface area contributed by atoms with Gasteiger partial charge in [-0.2, -0.15) is 0 Å². The maximum atomic E-state index is 12.9. The number of ether oxygens (including phenoxy) is 1. The van der Waals surface area contributed by atoms with Crippen LogP contribution in [0.5, 0.6) is 5.75 Å². The third-order valence-electron chi connectivity index (χ3n) is 7.06. The summed E-state index contributed by atoms with van der Waals surface area (Å²) in [6.07, 6.45) is 5.63. The molecule has 2 aliphatic heterocycles. The van der Waals surface area contributed by atoms with Gasteiger partial charge in [0.05, 0.1) is 12.8 Å². The Balaban J connectivity index is 1.28. The van der Waals surface area contributed by atoms with Crippen LogP contribution in [0.1, 0.15) is 66.6 Å². The first-order valence-corrected chi connectivity index (χ1v) is 12.3. The number of hydrogen-bond acceptors (Lipinski definition) is 4. The fraction of sp³-hybridized carbons (Fsp3) is 0.500. The van der Waals surface area contributed by atoms with Crippen LogP contribution in [0, 0.1) is 0 Å². The van der Waals surface area contributed by atoms with Gasteiger partial charge < -0.3 is 14.5 Å². The van der Waals surface area contributed by atoms with Gasteiger partial charge in [0.15, 0.2) is 5.78 Å². The van der Waals surface area contributed by atoms with E-state index in [-0.39, 0.29) is 11.7 Å². The summed E-state index contributed by atoms with van der Waals surface area (Å²) in [5, 5.41) is 0. The van der Waals surface area contributed by atoms with Crippen LogP contribution in [0.2, 0.25) is 0 Å². The number of nitrogens with zero attached hydrogens (tertiary/aromatic N) is 2. The molecule has 0 saturated heterocycles. The SMILES string of the molecule is COc1ccccc1CCN(CCCCC(=O)c1cc2c3c(c1)CCN3C(=O)CC2)C(C)C. The Hall–Kier alpha value is -2.66. The first-order valence-electron chi connectivity index (χ1n) is 12.3. The zero-order valence-electron chi connectivity index (χ0n) is 20.2. The van der Waals surface area contributed by atoms with Gasteiger partial charge in [0.1, 0.15) is 5.75 Å².